The second kappa shape index (κ2) is 5.23. The van der Waals surface area contributed by atoms with Crippen molar-refractivity contribution in [3.8, 4) is 5.75 Å². The van der Waals surface area contributed by atoms with Crippen molar-refractivity contribution in [2.75, 3.05) is 0 Å². The zero-order chi connectivity index (χ0) is 14.3. The van der Waals surface area contributed by atoms with Crippen LogP contribution in [0.25, 0.3) is 0 Å². The molecular formula is C17H18BrNO. The molecule has 20 heavy (non-hydrogen) atoms. The van der Waals surface area contributed by atoms with Crippen LogP contribution in [0.2, 0.25) is 0 Å². The predicted molar refractivity (Wildman–Crippen MR) is 85.0 cm³/mol. The Morgan fingerprint density at radius 2 is 1.95 bits per heavy atom. The molecule has 0 radical (unpaired) electrons. The number of halogens is 1. The van der Waals surface area contributed by atoms with Gasteiger partial charge < -0.3 is 10.5 Å². The highest BCUT2D eigenvalue weighted by Crippen LogP contribution is 2.40. The van der Waals surface area contributed by atoms with E-state index >= 15 is 0 Å². The van der Waals surface area contributed by atoms with Crippen molar-refractivity contribution in [3.63, 3.8) is 0 Å². The van der Waals surface area contributed by atoms with Gasteiger partial charge in [-0.05, 0) is 37.1 Å². The molecule has 1 unspecified atom stereocenters. The summed E-state index contributed by atoms with van der Waals surface area (Å²) >= 11 is 3.53. The molecule has 0 aromatic heterocycles. The maximum atomic E-state index is 6.32. The third-order valence-electron chi connectivity index (χ3n) is 3.86. The van der Waals surface area contributed by atoms with Gasteiger partial charge in [-0.2, -0.15) is 0 Å². The van der Waals surface area contributed by atoms with Gasteiger partial charge in [0.15, 0.2) is 0 Å². The summed E-state index contributed by atoms with van der Waals surface area (Å²) in [4.78, 5) is 0. The monoisotopic (exact) mass is 331 g/mol. The van der Waals surface area contributed by atoms with Crippen LogP contribution in [0.1, 0.15) is 40.8 Å². The van der Waals surface area contributed by atoms with Gasteiger partial charge >= 0.3 is 0 Å². The van der Waals surface area contributed by atoms with Crippen molar-refractivity contribution >= 4 is 15.9 Å². The van der Waals surface area contributed by atoms with Crippen LogP contribution in [0.4, 0.5) is 0 Å². The average Bonchev–Trinajstić information content (AvgIpc) is 2.42. The highest BCUT2D eigenvalue weighted by Gasteiger charge is 2.27. The number of rotatable bonds is 1. The molecule has 0 spiro atoms. The molecule has 2 aromatic carbocycles. The van der Waals surface area contributed by atoms with Crippen molar-refractivity contribution in [3.05, 3.63) is 63.1 Å². The summed E-state index contributed by atoms with van der Waals surface area (Å²) in [6, 6.07) is 12.6. The molecule has 0 saturated carbocycles. The Morgan fingerprint density at radius 3 is 2.70 bits per heavy atom. The van der Waals surface area contributed by atoms with Gasteiger partial charge in [0.2, 0.25) is 0 Å². The van der Waals surface area contributed by atoms with Crippen molar-refractivity contribution in [2.45, 2.75) is 32.4 Å². The molecular weight excluding hydrogens is 314 g/mol. The van der Waals surface area contributed by atoms with E-state index in [9.17, 15) is 0 Å². The standard InChI is InChI=1S/C17H18BrNO/c1-10-3-6-16-13(7-10)15(19)9-17(20-16)12-4-5-14(18)11(2)8-12/h3-8,15,17H,9,19H2,1-2H3/t15-,17?/m0/s1. The first-order valence-corrected chi connectivity index (χ1v) is 7.63. The maximum absolute atomic E-state index is 6.32. The summed E-state index contributed by atoms with van der Waals surface area (Å²) in [6.07, 6.45) is 0.851. The van der Waals surface area contributed by atoms with Crippen LogP contribution >= 0.6 is 15.9 Å². The summed E-state index contributed by atoms with van der Waals surface area (Å²) in [6.45, 7) is 4.17. The maximum Gasteiger partial charge on any atom is 0.126 e. The normalized spacial score (nSPS) is 21.2. The minimum Gasteiger partial charge on any atom is -0.485 e. The number of nitrogens with two attached hydrogens (primary N) is 1. The van der Waals surface area contributed by atoms with Gasteiger partial charge in [-0.3, -0.25) is 0 Å². The smallest absolute Gasteiger partial charge is 0.126 e. The molecule has 1 aliphatic rings. The van der Waals surface area contributed by atoms with E-state index in [1.54, 1.807) is 0 Å². The Hall–Kier alpha value is -1.32. The molecule has 3 heteroatoms. The van der Waals surface area contributed by atoms with Gasteiger partial charge in [0, 0.05) is 22.5 Å². The molecule has 2 nitrogen and oxygen atoms in total. The first-order valence-electron chi connectivity index (χ1n) is 6.83. The van der Waals surface area contributed by atoms with E-state index in [-0.39, 0.29) is 12.1 Å². The highest BCUT2D eigenvalue weighted by molar-refractivity contribution is 9.10. The van der Waals surface area contributed by atoms with Crippen molar-refractivity contribution < 1.29 is 4.74 Å². The molecule has 2 N–H and O–H groups in total. The van der Waals surface area contributed by atoms with Crippen LogP contribution in [0.3, 0.4) is 0 Å². The topological polar surface area (TPSA) is 35.2 Å². The van der Waals surface area contributed by atoms with Gasteiger partial charge in [0.1, 0.15) is 11.9 Å². The van der Waals surface area contributed by atoms with Crippen molar-refractivity contribution in [1.29, 1.82) is 0 Å². The second-order valence-electron chi connectivity index (χ2n) is 5.50. The molecule has 0 aliphatic carbocycles. The Kier molecular flexibility index (Phi) is 3.57. The van der Waals surface area contributed by atoms with Crippen LogP contribution in [0.15, 0.2) is 40.9 Å². The molecule has 104 valence electrons. The fraction of sp³-hybridized carbons (Fsp3) is 0.294. The predicted octanol–water partition coefficient (Wildman–Crippen LogP) is 4.59. The summed E-state index contributed by atoms with van der Waals surface area (Å²) < 4.78 is 7.27. The van der Waals surface area contributed by atoms with Crippen molar-refractivity contribution in [1.82, 2.24) is 0 Å². The summed E-state index contributed by atoms with van der Waals surface area (Å²) in [7, 11) is 0. The third-order valence-corrected chi connectivity index (χ3v) is 4.75. The fourth-order valence-corrected chi connectivity index (χ4v) is 2.94. The lowest BCUT2D eigenvalue weighted by Crippen LogP contribution is -2.24. The molecule has 3 rings (SSSR count). The SMILES string of the molecule is Cc1ccc2c(c1)[C@@H](N)CC(c1ccc(Br)c(C)c1)O2. The third kappa shape index (κ3) is 2.48. The minimum atomic E-state index is 0.0343. The van der Waals surface area contributed by atoms with E-state index in [4.69, 9.17) is 10.5 Å². The lowest BCUT2D eigenvalue weighted by Gasteiger charge is -2.31. The Morgan fingerprint density at radius 1 is 1.15 bits per heavy atom. The molecule has 0 fully saturated rings. The average molecular weight is 332 g/mol. The van der Waals surface area contributed by atoms with Gasteiger partial charge in [-0.25, -0.2) is 0 Å². The van der Waals surface area contributed by atoms with Crippen LogP contribution < -0.4 is 10.5 Å². The van der Waals surface area contributed by atoms with Gasteiger partial charge in [0.05, 0.1) is 0 Å². The second-order valence-corrected chi connectivity index (χ2v) is 6.35. The summed E-state index contributed by atoms with van der Waals surface area (Å²) in [5.41, 5.74) is 11.1. The highest BCUT2D eigenvalue weighted by atomic mass is 79.9. The fourth-order valence-electron chi connectivity index (χ4n) is 2.70. The van der Waals surface area contributed by atoms with E-state index in [0.717, 1.165) is 22.2 Å². The van der Waals surface area contributed by atoms with Crippen LogP contribution in [0, 0.1) is 13.8 Å². The van der Waals surface area contributed by atoms with Crippen LogP contribution in [-0.2, 0) is 0 Å². The van der Waals surface area contributed by atoms with Gasteiger partial charge in [-0.15, -0.1) is 0 Å². The summed E-state index contributed by atoms with van der Waals surface area (Å²) in [5.74, 6) is 0.917. The van der Waals surface area contributed by atoms with E-state index in [1.807, 2.05) is 6.07 Å². The number of hydrogen-bond donors (Lipinski definition) is 1. The van der Waals surface area contributed by atoms with E-state index < -0.39 is 0 Å². The molecule has 2 aromatic rings. The van der Waals surface area contributed by atoms with E-state index in [1.165, 1.54) is 16.7 Å². The molecule has 0 saturated heterocycles. The molecule has 0 bridgehead atoms. The number of hydrogen-bond acceptors (Lipinski definition) is 2. The lowest BCUT2D eigenvalue weighted by molar-refractivity contribution is 0.161. The number of ether oxygens (including phenoxy) is 1. The minimum absolute atomic E-state index is 0.0343. The zero-order valence-electron chi connectivity index (χ0n) is 11.7. The first-order chi connectivity index (χ1) is 9.54. The van der Waals surface area contributed by atoms with Crippen molar-refractivity contribution in [2.24, 2.45) is 5.73 Å². The molecule has 2 atom stereocenters. The summed E-state index contributed by atoms with van der Waals surface area (Å²) in [5, 5.41) is 0. The Bertz CT molecular complexity index is 653. The van der Waals surface area contributed by atoms with E-state index in [2.05, 4.69) is 60.1 Å². The molecule has 0 amide bonds. The number of benzene rings is 2. The Labute approximate surface area is 128 Å². The first kappa shape index (κ1) is 13.7. The Balaban J connectivity index is 1.94. The van der Waals surface area contributed by atoms with Crippen LogP contribution in [0.5, 0.6) is 5.75 Å². The van der Waals surface area contributed by atoms with Crippen LogP contribution in [-0.4, -0.2) is 0 Å². The molecule has 1 heterocycles. The largest absolute Gasteiger partial charge is 0.485 e. The van der Waals surface area contributed by atoms with E-state index in [0.29, 0.717) is 0 Å². The quantitative estimate of drug-likeness (QED) is 0.829. The molecule has 1 aliphatic heterocycles. The lowest BCUT2D eigenvalue weighted by atomic mass is 9.92. The van der Waals surface area contributed by atoms with Gasteiger partial charge in [0.25, 0.3) is 0 Å². The zero-order valence-corrected chi connectivity index (χ0v) is 13.3. The number of fused-ring (bicyclic) bond motifs is 1. The van der Waals surface area contributed by atoms with Gasteiger partial charge in [-0.1, -0.05) is 45.8 Å². The number of aryl methyl sites for hydroxylation is 2.